The lowest BCUT2D eigenvalue weighted by atomic mass is 9.57. The number of ketones is 2. The number of phenols is 1. The van der Waals surface area contributed by atoms with Gasteiger partial charge < -0.3 is 31.1 Å². The zero-order valence-electron chi connectivity index (χ0n) is 20.3. The molecule has 4 atom stereocenters. The van der Waals surface area contributed by atoms with Crippen molar-refractivity contribution in [3.05, 3.63) is 40.2 Å². The Morgan fingerprint density at radius 3 is 2.39 bits per heavy atom. The Morgan fingerprint density at radius 1 is 1.11 bits per heavy atom. The van der Waals surface area contributed by atoms with Gasteiger partial charge in [0, 0.05) is 24.6 Å². The van der Waals surface area contributed by atoms with E-state index in [4.69, 9.17) is 5.73 Å². The van der Waals surface area contributed by atoms with Crippen molar-refractivity contribution in [1.29, 1.82) is 0 Å². The Morgan fingerprint density at radius 2 is 1.78 bits per heavy atom. The van der Waals surface area contributed by atoms with Gasteiger partial charge in [-0.25, -0.2) is 0 Å². The highest BCUT2D eigenvalue weighted by Crippen LogP contribution is 2.53. The minimum Gasteiger partial charge on any atom is -0.508 e. The first-order chi connectivity index (χ1) is 17.0. The summed E-state index contributed by atoms with van der Waals surface area (Å²) in [5.74, 6) is -6.31. The van der Waals surface area contributed by atoms with Crippen LogP contribution in [0.25, 0.3) is 5.76 Å². The normalized spacial score (nSPS) is 30.3. The lowest BCUT2D eigenvalue weighted by molar-refractivity contribution is -0.153. The number of aromatic hydroxyl groups is 1. The predicted octanol–water partition coefficient (Wildman–Crippen LogP) is 0.954. The van der Waals surface area contributed by atoms with E-state index in [1.807, 2.05) is 17.0 Å². The maximum atomic E-state index is 13.9. The van der Waals surface area contributed by atoms with Crippen LogP contribution < -0.4 is 10.6 Å². The van der Waals surface area contributed by atoms with E-state index in [0.29, 0.717) is 17.7 Å². The van der Waals surface area contributed by atoms with Crippen LogP contribution in [0, 0.1) is 11.8 Å². The zero-order valence-corrected chi connectivity index (χ0v) is 20.3. The molecule has 5 rings (SSSR count). The average Bonchev–Trinajstić information content (AvgIpc) is 2.81. The second-order valence-electron chi connectivity index (χ2n) is 10.5. The number of amides is 1. The molecule has 0 spiro atoms. The largest absolute Gasteiger partial charge is 0.508 e. The molecule has 192 valence electrons. The summed E-state index contributed by atoms with van der Waals surface area (Å²) in [6, 6.07) is 2.56. The molecule has 10 nitrogen and oxygen atoms in total. The van der Waals surface area contributed by atoms with Crippen LogP contribution >= 0.6 is 0 Å². The Hall–Kier alpha value is -3.37. The van der Waals surface area contributed by atoms with Crippen molar-refractivity contribution in [3.63, 3.8) is 0 Å². The summed E-state index contributed by atoms with van der Waals surface area (Å²) >= 11 is 0. The minimum atomic E-state index is -2.62. The molecular weight excluding hydrogens is 466 g/mol. The highest BCUT2D eigenvalue weighted by Gasteiger charge is 2.64. The van der Waals surface area contributed by atoms with Crippen molar-refractivity contribution in [3.8, 4) is 5.75 Å². The summed E-state index contributed by atoms with van der Waals surface area (Å²) in [5, 5.41) is 45.0. The molecule has 10 heteroatoms. The smallest absolute Gasteiger partial charge is 0.255 e. The van der Waals surface area contributed by atoms with Crippen molar-refractivity contribution in [2.45, 2.75) is 43.7 Å². The Labute approximate surface area is 208 Å². The summed E-state index contributed by atoms with van der Waals surface area (Å²) in [6.07, 6.45) is 3.45. The van der Waals surface area contributed by atoms with Gasteiger partial charge in [0.2, 0.25) is 5.78 Å². The number of fused-ring (bicyclic) bond motifs is 3. The van der Waals surface area contributed by atoms with Crippen LogP contribution in [0.15, 0.2) is 29.0 Å². The molecule has 1 amide bonds. The second kappa shape index (κ2) is 8.35. The van der Waals surface area contributed by atoms with Gasteiger partial charge >= 0.3 is 0 Å². The number of hydrogen-bond donors (Lipinski definition) is 5. The van der Waals surface area contributed by atoms with Crippen molar-refractivity contribution in [2.24, 2.45) is 17.6 Å². The number of nitrogens with zero attached hydrogens (tertiary/aromatic N) is 2. The SMILES string of the molecule is CN(C)C1C(=O)C(C(N)=O)=C(O)C2(O)C(=O)C3=C(O)c4c(ccc(N5CCCCC5)c4O)CC3CC12. The molecule has 1 aliphatic heterocycles. The van der Waals surface area contributed by atoms with Crippen LogP contribution in [0.2, 0.25) is 0 Å². The summed E-state index contributed by atoms with van der Waals surface area (Å²) in [7, 11) is 3.15. The molecule has 0 radical (unpaired) electrons. The maximum absolute atomic E-state index is 13.9. The van der Waals surface area contributed by atoms with Crippen LogP contribution in [0.1, 0.15) is 36.8 Å². The van der Waals surface area contributed by atoms with E-state index in [1.165, 1.54) is 4.90 Å². The lowest BCUT2D eigenvalue weighted by Gasteiger charge is -2.50. The van der Waals surface area contributed by atoms with E-state index >= 15 is 0 Å². The summed E-state index contributed by atoms with van der Waals surface area (Å²) in [4.78, 5) is 42.5. The third kappa shape index (κ3) is 3.20. The van der Waals surface area contributed by atoms with Crippen LogP contribution in [0.5, 0.6) is 5.75 Å². The first-order valence-electron chi connectivity index (χ1n) is 12.2. The molecular formula is C26H31N3O7. The van der Waals surface area contributed by atoms with Crippen LogP contribution in [0.4, 0.5) is 5.69 Å². The fourth-order valence-electron chi connectivity index (χ4n) is 6.60. The molecule has 0 bridgehead atoms. The van der Waals surface area contributed by atoms with Gasteiger partial charge in [-0.3, -0.25) is 19.3 Å². The quantitative estimate of drug-likeness (QED) is 0.382. The Bertz CT molecular complexity index is 1240. The average molecular weight is 498 g/mol. The fourth-order valence-corrected chi connectivity index (χ4v) is 6.60. The molecule has 1 saturated carbocycles. The summed E-state index contributed by atoms with van der Waals surface area (Å²) in [6.45, 7) is 1.53. The number of aliphatic hydroxyl groups excluding tert-OH is 2. The number of anilines is 1. The first kappa shape index (κ1) is 24.3. The monoisotopic (exact) mass is 497 g/mol. The van der Waals surface area contributed by atoms with E-state index in [1.54, 1.807) is 14.1 Å². The Balaban J connectivity index is 1.67. The molecule has 4 unspecified atom stereocenters. The van der Waals surface area contributed by atoms with Gasteiger partial charge in [0.25, 0.3) is 5.91 Å². The number of carbonyl (C=O) groups excluding carboxylic acids is 3. The second-order valence-corrected chi connectivity index (χ2v) is 10.5. The molecule has 2 fully saturated rings. The van der Waals surface area contributed by atoms with Crippen molar-refractivity contribution < 1.29 is 34.8 Å². The minimum absolute atomic E-state index is 0.0837. The fraction of sp³-hybridized carbons (Fsp3) is 0.500. The van der Waals surface area contributed by atoms with Crippen LogP contribution in [-0.4, -0.2) is 81.6 Å². The summed E-state index contributed by atoms with van der Waals surface area (Å²) < 4.78 is 0. The number of carbonyl (C=O) groups is 3. The van der Waals surface area contributed by atoms with Gasteiger partial charge in [-0.1, -0.05) is 6.07 Å². The molecule has 1 saturated heterocycles. The number of Topliss-reactive ketones (excluding diaryl/α,β-unsaturated/α-hetero) is 2. The number of likely N-dealkylation sites (N-methyl/N-ethyl adjacent to an activating group) is 1. The van der Waals surface area contributed by atoms with Gasteiger partial charge in [-0.05, 0) is 63.7 Å². The number of phenolic OH excluding ortho intramolecular Hbond substituents is 1. The van der Waals surface area contributed by atoms with E-state index < -0.39 is 58.0 Å². The van der Waals surface area contributed by atoms with Crippen LogP contribution in [-0.2, 0) is 20.8 Å². The highest BCUT2D eigenvalue weighted by atomic mass is 16.3. The van der Waals surface area contributed by atoms with E-state index in [2.05, 4.69) is 0 Å². The number of nitrogens with two attached hydrogens (primary N) is 1. The van der Waals surface area contributed by atoms with Gasteiger partial charge in [-0.2, -0.15) is 0 Å². The van der Waals surface area contributed by atoms with E-state index in [9.17, 15) is 34.8 Å². The van der Waals surface area contributed by atoms with Gasteiger partial charge in [-0.15, -0.1) is 0 Å². The molecule has 1 aromatic carbocycles. The highest BCUT2D eigenvalue weighted by molar-refractivity contribution is 6.24. The third-order valence-corrected chi connectivity index (χ3v) is 8.27. The van der Waals surface area contributed by atoms with Gasteiger partial charge in [0.05, 0.1) is 17.3 Å². The van der Waals surface area contributed by atoms with E-state index in [-0.39, 0.29) is 23.3 Å². The Kier molecular flexibility index (Phi) is 5.64. The van der Waals surface area contributed by atoms with Crippen LogP contribution in [0.3, 0.4) is 0 Å². The number of primary amides is 1. The zero-order chi connectivity index (χ0) is 26.1. The number of hydrogen-bond acceptors (Lipinski definition) is 9. The molecule has 4 aliphatic rings. The van der Waals surface area contributed by atoms with Gasteiger partial charge in [0.15, 0.2) is 11.4 Å². The van der Waals surface area contributed by atoms with Gasteiger partial charge in [0.1, 0.15) is 22.8 Å². The number of aliphatic hydroxyl groups is 3. The molecule has 1 aromatic rings. The number of rotatable bonds is 3. The molecule has 6 N–H and O–H groups in total. The van der Waals surface area contributed by atoms with Crippen molar-refractivity contribution in [2.75, 3.05) is 32.1 Å². The molecule has 1 heterocycles. The standard InChI is InChI=1S/C26H31N3O7/c1-28(2)19-14-11-13-10-12-6-7-15(29-8-4-3-5-9-29)20(30)16(12)21(31)17(13)23(33)26(14,36)24(34)18(22(19)32)25(27)35/h6-7,13-14,19,30-31,34,36H,3-5,8-11H2,1-2H3,(H2,27,35). The number of benzene rings is 1. The summed E-state index contributed by atoms with van der Waals surface area (Å²) in [5.41, 5.74) is 3.13. The third-order valence-electron chi connectivity index (χ3n) is 8.27. The van der Waals surface area contributed by atoms with Crippen molar-refractivity contribution in [1.82, 2.24) is 4.90 Å². The topological polar surface area (TPSA) is 165 Å². The van der Waals surface area contributed by atoms with E-state index in [0.717, 1.165) is 32.4 Å². The molecule has 36 heavy (non-hydrogen) atoms. The first-order valence-corrected chi connectivity index (χ1v) is 12.2. The lowest BCUT2D eigenvalue weighted by Crippen LogP contribution is -2.65. The predicted molar refractivity (Wildman–Crippen MR) is 130 cm³/mol. The van der Waals surface area contributed by atoms with Crippen molar-refractivity contribution >= 4 is 28.9 Å². The molecule has 3 aliphatic carbocycles. The molecule has 0 aromatic heterocycles. The maximum Gasteiger partial charge on any atom is 0.255 e. The number of piperidine rings is 1.